The zero-order valence-corrected chi connectivity index (χ0v) is 20.9. The Bertz CT molecular complexity index is 1220. The summed E-state index contributed by atoms with van der Waals surface area (Å²) in [6, 6.07) is 11.0. The van der Waals surface area contributed by atoms with Gasteiger partial charge in [-0.05, 0) is 58.7 Å². The third-order valence-corrected chi connectivity index (χ3v) is 8.04. The number of hydrogen-bond donors (Lipinski definition) is 1. The van der Waals surface area contributed by atoms with Crippen molar-refractivity contribution in [2.75, 3.05) is 4.72 Å². The number of nitrogens with zero attached hydrogens (tertiary/aromatic N) is 1. The van der Waals surface area contributed by atoms with E-state index >= 15 is 0 Å². The summed E-state index contributed by atoms with van der Waals surface area (Å²) in [5, 5.41) is 9.36. The highest BCUT2D eigenvalue weighted by molar-refractivity contribution is 7.94. The van der Waals surface area contributed by atoms with Crippen LogP contribution in [0.15, 0.2) is 57.7 Å². The van der Waals surface area contributed by atoms with Gasteiger partial charge < -0.3 is 0 Å². The van der Waals surface area contributed by atoms with Gasteiger partial charge in [-0.15, -0.1) is 0 Å². The number of nitrogens with one attached hydrogen (secondary N) is 1. The zero-order valence-electron chi connectivity index (χ0n) is 19.2. The number of hydrogen-bond acceptors (Lipinski definition) is 5. The second kappa shape index (κ2) is 9.88. The van der Waals surface area contributed by atoms with Crippen LogP contribution < -0.4 is 4.72 Å². The van der Waals surface area contributed by atoms with Gasteiger partial charge in [-0.3, -0.25) is 4.72 Å². The van der Waals surface area contributed by atoms with Crippen LogP contribution in [0.4, 0.5) is 5.69 Å². The number of benzene rings is 2. The van der Waals surface area contributed by atoms with Crippen LogP contribution in [0.25, 0.3) is 0 Å². The fourth-order valence-corrected chi connectivity index (χ4v) is 5.99. The molecule has 0 amide bonds. The lowest BCUT2D eigenvalue weighted by Gasteiger charge is -2.23. The maximum atomic E-state index is 13.5. The monoisotopic (exact) mass is 474 g/mol. The van der Waals surface area contributed by atoms with Crippen LogP contribution >= 0.6 is 0 Å². The lowest BCUT2D eigenvalue weighted by Crippen LogP contribution is -2.19. The summed E-state index contributed by atoms with van der Waals surface area (Å²) in [7, 11) is -7.69. The van der Waals surface area contributed by atoms with Crippen molar-refractivity contribution < 1.29 is 16.8 Å². The molecule has 0 aliphatic rings. The Kier molecular flexibility index (Phi) is 7.92. The fourth-order valence-electron chi connectivity index (χ4n) is 3.32. The maximum absolute atomic E-state index is 13.5. The minimum atomic E-state index is -3.93. The van der Waals surface area contributed by atoms with Crippen LogP contribution in [-0.2, 0) is 19.9 Å². The first-order valence-electron chi connectivity index (χ1n) is 10.4. The summed E-state index contributed by atoms with van der Waals surface area (Å²) in [4.78, 5) is 0.250. The molecule has 0 saturated heterocycles. The highest BCUT2D eigenvalue weighted by atomic mass is 32.2. The van der Waals surface area contributed by atoms with E-state index in [1.54, 1.807) is 6.07 Å². The highest BCUT2D eigenvalue weighted by Crippen LogP contribution is 2.36. The first kappa shape index (κ1) is 25.6. The predicted molar refractivity (Wildman–Crippen MR) is 128 cm³/mol. The Morgan fingerprint density at radius 2 is 1.34 bits per heavy atom. The van der Waals surface area contributed by atoms with E-state index in [-0.39, 0.29) is 33.2 Å². The molecule has 0 unspecified atom stereocenters. The van der Waals surface area contributed by atoms with E-state index in [9.17, 15) is 16.8 Å². The van der Waals surface area contributed by atoms with E-state index in [2.05, 4.69) is 18.6 Å². The molecule has 8 heteroatoms. The van der Waals surface area contributed by atoms with E-state index in [0.29, 0.717) is 0 Å². The van der Waals surface area contributed by atoms with Gasteiger partial charge in [0.25, 0.3) is 10.0 Å². The maximum Gasteiger partial charge on any atom is 0.262 e. The second-order valence-electron chi connectivity index (χ2n) is 8.60. The molecule has 0 bridgehead atoms. The number of nitriles is 1. The number of allylic oxidation sites excluding steroid dienone is 1. The van der Waals surface area contributed by atoms with Gasteiger partial charge in [0.15, 0.2) is 0 Å². The molecule has 0 atom stereocenters. The molecular weight excluding hydrogens is 444 g/mol. The van der Waals surface area contributed by atoms with Crippen LogP contribution in [0.1, 0.15) is 76.0 Å². The predicted octanol–water partition coefficient (Wildman–Crippen LogP) is 5.67. The van der Waals surface area contributed by atoms with Crippen LogP contribution in [-0.4, -0.2) is 16.8 Å². The molecule has 0 radical (unpaired) electrons. The van der Waals surface area contributed by atoms with E-state index in [1.165, 1.54) is 24.3 Å². The molecule has 0 fully saturated rings. The van der Waals surface area contributed by atoms with E-state index in [4.69, 9.17) is 5.26 Å². The minimum Gasteiger partial charge on any atom is -0.280 e. The fraction of sp³-hybridized carbons (Fsp3) is 0.375. The molecule has 0 spiro atoms. The molecule has 0 aromatic heterocycles. The molecule has 2 aromatic carbocycles. The van der Waals surface area contributed by atoms with Gasteiger partial charge in [-0.1, -0.05) is 53.7 Å². The van der Waals surface area contributed by atoms with Crippen molar-refractivity contribution in [3.05, 3.63) is 64.6 Å². The number of rotatable bonds is 8. The highest BCUT2D eigenvalue weighted by Gasteiger charge is 2.27. The molecule has 0 aliphatic carbocycles. The molecule has 2 aromatic rings. The van der Waals surface area contributed by atoms with Gasteiger partial charge in [0.05, 0.1) is 15.9 Å². The molecule has 0 saturated carbocycles. The van der Waals surface area contributed by atoms with E-state index in [0.717, 1.165) is 28.2 Å². The summed E-state index contributed by atoms with van der Waals surface area (Å²) >= 11 is 0. The van der Waals surface area contributed by atoms with Crippen molar-refractivity contribution in [3.63, 3.8) is 0 Å². The van der Waals surface area contributed by atoms with Crippen LogP contribution in [0.3, 0.4) is 0 Å². The molecular formula is C24H30N2O4S2. The standard InChI is InChI=1S/C24H30N2O4S2/c1-16(2)19-14-22(17(3)4)24(23(15-19)18(5)6)32(29,30)26-20-8-10-21(11-9-20)31(27,28)13-7-12-25/h7-11,13-18,26H,1-6H3/b13-7+. The third kappa shape index (κ3) is 5.78. The lowest BCUT2D eigenvalue weighted by atomic mass is 9.89. The molecule has 172 valence electrons. The Morgan fingerprint density at radius 3 is 1.75 bits per heavy atom. The Morgan fingerprint density at radius 1 is 0.844 bits per heavy atom. The van der Waals surface area contributed by atoms with Crippen molar-refractivity contribution in [1.82, 2.24) is 0 Å². The third-order valence-electron chi connectivity index (χ3n) is 5.10. The lowest BCUT2D eigenvalue weighted by molar-refractivity contribution is 0.595. The average Bonchev–Trinajstić information content (AvgIpc) is 2.71. The van der Waals surface area contributed by atoms with Gasteiger partial charge in [0.1, 0.15) is 0 Å². The number of sulfone groups is 1. The number of sulfonamides is 1. The Hall–Kier alpha value is -2.63. The van der Waals surface area contributed by atoms with Gasteiger partial charge in [-0.2, -0.15) is 5.26 Å². The van der Waals surface area contributed by atoms with Crippen molar-refractivity contribution in [2.24, 2.45) is 0 Å². The SMILES string of the molecule is CC(C)c1cc(C(C)C)c(S(=O)(=O)Nc2ccc(S(=O)(=O)/C=C/C#N)cc2)c(C(C)C)c1. The molecule has 32 heavy (non-hydrogen) atoms. The van der Waals surface area contributed by atoms with Crippen molar-refractivity contribution in [1.29, 1.82) is 5.26 Å². The normalized spacial score (nSPS) is 12.6. The molecule has 0 aliphatic heterocycles. The first-order chi connectivity index (χ1) is 14.8. The summed E-state index contributed by atoms with van der Waals surface area (Å²) in [6.07, 6.45) is 0.883. The van der Waals surface area contributed by atoms with Crippen molar-refractivity contribution >= 4 is 25.5 Å². The van der Waals surface area contributed by atoms with Crippen molar-refractivity contribution in [2.45, 2.75) is 69.1 Å². The summed E-state index contributed by atoms with van der Waals surface area (Å²) in [5.74, 6) is 0.258. The molecule has 6 nitrogen and oxygen atoms in total. The largest absolute Gasteiger partial charge is 0.280 e. The van der Waals surface area contributed by atoms with Gasteiger partial charge >= 0.3 is 0 Å². The Labute approximate surface area is 192 Å². The number of anilines is 1. The Balaban J connectivity index is 2.55. The van der Waals surface area contributed by atoms with Crippen LogP contribution in [0, 0.1) is 11.3 Å². The van der Waals surface area contributed by atoms with Crippen LogP contribution in [0.5, 0.6) is 0 Å². The summed E-state index contributed by atoms with van der Waals surface area (Å²) in [5.41, 5.74) is 2.86. The van der Waals surface area contributed by atoms with Gasteiger partial charge in [0.2, 0.25) is 9.84 Å². The van der Waals surface area contributed by atoms with E-state index < -0.39 is 19.9 Å². The van der Waals surface area contributed by atoms with Gasteiger partial charge in [-0.25, -0.2) is 16.8 Å². The van der Waals surface area contributed by atoms with Crippen LogP contribution in [0.2, 0.25) is 0 Å². The zero-order chi connectivity index (χ0) is 24.3. The minimum absolute atomic E-state index is 0.00258. The molecule has 1 N–H and O–H groups in total. The van der Waals surface area contributed by atoms with Gasteiger partial charge in [0, 0.05) is 17.2 Å². The summed E-state index contributed by atoms with van der Waals surface area (Å²) < 4.78 is 53.9. The topological polar surface area (TPSA) is 104 Å². The summed E-state index contributed by atoms with van der Waals surface area (Å²) in [6.45, 7) is 12.0. The second-order valence-corrected chi connectivity index (χ2v) is 12.1. The quantitative estimate of drug-likeness (QED) is 0.497. The smallest absolute Gasteiger partial charge is 0.262 e. The molecule has 2 rings (SSSR count). The first-order valence-corrected chi connectivity index (χ1v) is 13.4. The van der Waals surface area contributed by atoms with E-state index in [1.807, 2.05) is 39.8 Å². The van der Waals surface area contributed by atoms with Crippen molar-refractivity contribution in [3.8, 4) is 6.07 Å². The average molecular weight is 475 g/mol. The molecule has 0 heterocycles.